The quantitative estimate of drug-likeness (QED) is 0.784. The molecule has 1 aliphatic rings. The molecule has 88 valence electrons. The Morgan fingerprint density at radius 1 is 1.24 bits per heavy atom. The molecule has 0 amide bonds. The van der Waals surface area contributed by atoms with Crippen molar-refractivity contribution in [3.05, 3.63) is 42.4 Å². The lowest BCUT2D eigenvalue weighted by Crippen LogP contribution is -2.16. The van der Waals surface area contributed by atoms with Crippen LogP contribution in [-0.4, -0.2) is 9.55 Å². The molecule has 0 atom stereocenters. The highest BCUT2D eigenvalue weighted by molar-refractivity contribution is 5.58. The summed E-state index contributed by atoms with van der Waals surface area (Å²) in [5.74, 6) is 2.10. The van der Waals surface area contributed by atoms with Crippen molar-refractivity contribution < 1.29 is 0 Å². The predicted octanol–water partition coefficient (Wildman–Crippen LogP) is 3.43. The van der Waals surface area contributed by atoms with Crippen molar-refractivity contribution >= 4 is 0 Å². The van der Waals surface area contributed by atoms with Gasteiger partial charge in [0, 0.05) is 13.5 Å². The second-order valence-corrected chi connectivity index (χ2v) is 4.99. The third kappa shape index (κ3) is 1.99. The van der Waals surface area contributed by atoms with Crippen LogP contribution in [0.2, 0.25) is 0 Å². The third-order valence-corrected chi connectivity index (χ3v) is 3.85. The molecular weight excluding hydrogens is 208 g/mol. The predicted molar refractivity (Wildman–Crippen MR) is 69.7 cm³/mol. The topological polar surface area (TPSA) is 17.8 Å². The SMILES string of the molecule is Cn1c(-c2ccccc2)cnc1CC1CCC1. The summed E-state index contributed by atoms with van der Waals surface area (Å²) in [6.45, 7) is 0. The second kappa shape index (κ2) is 4.36. The van der Waals surface area contributed by atoms with Crippen molar-refractivity contribution in [3.63, 3.8) is 0 Å². The third-order valence-electron chi connectivity index (χ3n) is 3.85. The van der Waals surface area contributed by atoms with Crippen LogP contribution in [0.25, 0.3) is 11.3 Å². The number of rotatable bonds is 3. The van der Waals surface area contributed by atoms with E-state index in [1.807, 2.05) is 6.20 Å². The van der Waals surface area contributed by atoms with E-state index in [2.05, 4.69) is 46.9 Å². The normalized spacial score (nSPS) is 15.8. The number of hydrogen-bond donors (Lipinski definition) is 0. The summed E-state index contributed by atoms with van der Waals surface area (Å²) in [5.41, 5.74) is 2.47. The van der Waals surface area contributed by atoms with E-state index in [0.29, 0.717) is 0 Å². The average Bonchev–Trinajstić information content (AvgIpc) is 2.67. The molecule has 0 spiro atoms. The van der Waals surface area contributed by atoms with Crippen LogP contribution < -0.4 is 0 Å². The molecule has 2 nitrogen and oxygen atoms in total. The lowest BCUT2D eigenvalue weighted by atomic mass is 9.83. The first-order chi connectivity index (χ1) is 8.34. The van der Waals surface area contributed by atoms with Gasteiger partial charge in [-0.05, 0) is 11.5 Å². The van der Waals surface area contributed by atoms with Crippen molar-refractivity contribution in [2.24, 2.45) is 13.0 Å². The monoisotopic (exact) mass is 226 g/mol. The van der Waals surface area contributed by atoms with Crippen LogP contribution in [0.5, 0.6) is 0 Å². The summed E-state index contributed by atoms with van der Waals surface area (Å²) in [5, 5.41) is 0. The molecule has 1 fully saturated rings. The molecule has 0 N–H and O–H groups in total. The Morgan fingerprint density at radius 2 is 2.00 bits per heavy atom. The van der Waals surface area contributed by atoms with E-state index in [1.54, 1.807) is 0 Å². The molecule has 1 aromatic heterocycles. The van der Waals surface area contributed by atoms with Gasteiger partial charge < -0.3 is 4.57 Å². The highest BCUT2D eigenvalue weighted by atomic mass is 15.1. The average molecular weight is 226 g/mol. The van der Waals surface area contributed by atoms with Gasteiger partial charge in [0.05, 0.1) is 11.9 Å². The number of hydrogen-bond acceptors (Lipinski definition) is 1. The number of benzene rings is 1. The number of imidazole rings is 1. The van der Waals surface area contributed by atoms with E-state index >= 15 is 0 Å². The molecule has 1 heterocycles. The van der Waals surface area contributed by atoms with Gasteiger partial charge in [-0.3, -0.25) is 0 Å². The minimum atomic E-state index is 0.875. The van der Waals surface area contributed by atoms with Crippen LogP contribution in [0, 0.1) is 5.92 Å². The van der Waals surface area contributed by atoms with Crippen molar-refractivity contribution in [2.45, 2.75) is 25.7 Å². The zero-order valence-electron chi connectivity index (χ0n) is 10.3. The Morgan fingerprint density at radius 3 is 2.65 bits per heavy atom. The minimum absolute atomic E-state index is 0.875. The Hall–Kier alpha value is -1.57. The molecule has 1 saturated carbocycles. The van der Waals surface area contributed by atoms with Crippen LogP contribution in [0.3, 0.4) is 0 Å². The van der Waals surface area contributed by atoms with Gasteiger partial charge >= 0.3 is 0 Å². The lowest BCUT2D eigenvalue weighted by molar-refractivity contribution is 0.307. The molecular formula is C15H18N2. The minimum Gasteiger partial charge on any atom is -0.331 e. The molecule has 0 bridgehead atoms. The van der Waals surface area contributed by atoms with Crippen molar-refractivity contribution in [1.82, 2.24) is 9.55 Å². The van der Waals surface area contributed by atoms with Crippen molar-refractivity contribution in [3.8, 4) is 11.3 Å². The number of aromatic nitrogens is 2. The molecule has 0 aliphatic heterocycles. The summed E-state index contributed by atoms with van der Waals surface area (Å²) in [6, 6.07) is 10.5. The van der Waals surface area contributed by atoms with Crippen LogP contribution >= 0.6 is 0 Å². The molecule has 0 unspecified atom stereocenters. The first-order valence-electron chi connectivity index (χ1n) is 6.40. The van der Waals surface area contributed by atoms with E-state index in [9.17, 15) is 0 Å². The molecule has 0 saturated heterocycles. The maximum atomic E-state index is 4.58. The van der Waals surface area contributed by atoms with Gasteiger partial charge in [-0.1, -0.05) is 49.6 Å². The Bertz CT molecular complexity index is 495. The van der Waals surface area contributed by atoms with E-state index in [4.69, 9.17) is 0 Å². The molecule has 1 aliphatic carbocycles. The maximum Gasteiger partial charge on any atom is 0.109 e. The Labute approximate surface area is 102 Å². The summed E-state index contributed by atoms with van der Waals surface area (Å²) in [7, 11) is 2.13. The molecule has 0 radical (unpaired) electrons. The van der Waals surface area contributed by atoms with Gasteiger partial charge in [0.25, 0.3) is 0 Å². The first kappa shape index (κ1) is 10.6. The second-order valence-electron chi connectivity index (χ2n) is 4.99. The standard InChI is InChI=1S/C15H18N2/c1-17-14(13-8-3-2-4-9-13)11-16-15(17)10-12-6-5-7-12/h2-4,8-9,11-12H,5-7,10H2,1H3. The zero-order valence-corrected chi connectivity index (χ0v) is 10.3. The van der Waals surface area contributed by atoms with E-state index in [1.165, 1.54) is 36.3 Å². The van der Waals surface area contributed by atoms with Gasteiger partial charge in [0.1, 0.15) is 5.82 Å². The fourth-order valence-corrected chi connectivity index (χ4v) is 2.47. The summed E-state index contributed by atoms with van der Waals surface area (Å²) in [4.78, 5) is 4.58. The van der Waals surface area contributed by atoms with Crippen molar-refractivity contribution in [1.29, 1.82) is 0 Å². The summed E-state index contributed by atoms with van der Waals surface area (Å²) >= 11 is 0. The first-order valence-corrected chi connectivity index (χ1v) is 6.40. The molecule has 2 heteroatoms. The van der Waals surface area contributed by atoms with E-state index in [0.717, 1.165) is 12.3 Å². The van der Waals surface area contributed by atoms with Gasteiger partial charge in [-0.2, -0.15) is 0 Å². The van der Waals surface area contributed by atoms with E-state index < -0.39 is 0 Å². The summed E-state index contributed by atoms with van der Waals surface area (Å²) < 4.78 is 2.24. The van der Waals surface area contributed by atoms with Crippen LogP contribution in [0.1, 0.15) is 25.1 Å². The fraction of sp³-hybridized carbons (Fsp3) is 0.400. The van der Waals surface area contributed by atoms with Crippen LogP contribution in [0.15, 0.2) is 36.5 Å². The highest BCUT2D eigenvalue weighted by Crippen LogP contribution is 2.30. The van der Waals surface area contributed by atoms with E-state index in [-0.39, 0.29) is 0 Å². The van der Waals surface area contributed by atoms with Crippen LogP contribution in [0.4, 0.5) is 0 Å². The summed E-state index contributed by atoms with van der Waals surface area (Å²) in [6.07, 6.45) is 7.31. The zero-order chi connectivity index (χ0) is 11.7. The molecule has 2 aromatic rings. The molecule has 1 aromatic carbocycles. The van der Waals surface area contributed by atoms with Gasteiger partial charge in [-0.15, -0.1) is 0 Å². The molecule has 17 heavy (non-hydrogen) atoms. The van der Waals surface area contributed by atoms with Gasteiger partial charge in [0.2, 0.25) is 0 Å². The number of nitrogens with zero attached hydrogens (tertiary/aromatic N) is 2. The van der Waals surface area contributed by atoms with Gasteiger partial charge in [0.15, 0.2) is 0 Å². The fourth-order valence-electron chi connectivity index (χ4n) is 2.47. The van der Waals surface area contributed by atoms with Crippen molar-refractivity contribution in [2.75, 3.05) is 0 Å². The Kier molecular flexibility index (Phi) is 2.71. The van der Waals surface area contributed by atoms with Crippen LogP contribution in [-0.2, 0) is 13.5 Å². The maximum absolute atomic E-state index is 4.58. The Balaban J connectivity index is 1.86. The molecule has 3 rings (SSSR count). The smallest absolute Gasteiger partial charge is 0.109 e. The van der Waals surface area contributed by atoms with Gasteiger partial charge in [-0.25, -0.2) is 4.98 Å². The lowest BCUT2D eigenvalue weighted by Gasteiger charge is -2.24. The largest absolute Gasteiger partial charge is 0.331 e. The highest BCUT2D eigenvalue weighted by Gasteiger charge is 2.20.